The average molecular weight is 749 g/mol. The zero-order valence-electron chi connectivity index (χ0n) is 32.2. The minimum atomic E-state index is -0.454. The molecule has 59 heavy (non-hydrogen) atoms. The molecule has 12 rings (SSSR count). The Morgan fingerprint density at radius 3 is 1.46 bits per heavy atom. The van der Waals surface area contributed by atoms with Gasteiger partial charge in [-0.2, -0.15) is 0 Å². The van der Waals surface area contributed by atoms with Crippen LogP contribution in [0.15, 0.2) is 218 Å². The lowest BCUT2D eigenvalue weighted by molar-refractivity contribution is 0.801. The SMILES string of the molecule is c1ccc(-c2ccc(-c3cc(-c4ccccc4)nc(-c4cccc(-c5cc6ccccc6c6c5-c5ccccc5C65c6ccccc6-c6ccccc65)c4)n3)cc2)cc1. The summed E-state index contributed by atoms with van der Waals surface area (Å²) in [4.78, 5) is 10.5. The van der Waals surface area contributed by atoms with Crippen molar-refractivity contribution >= 4 is 10.8 Å². The quantitative estimate of drug-likeness (QED) is 0.175. The molecule has 0 saturated carbocycles. The molecule has 0 fully saturated rings. The van der Waals surface area contributed by atoms with Crippen molar-refractivity contribution in [1.82, 2.24) is 9.97 Å². The van der Waals surface area contributed by atoms with E-state index in [0.29, 0.717) is 5.82 Å². The van der Waals surface area contributed by atoms with Gasteiger partial charge in [-0.05, 0) is 95.7 Å². The zero-order valence-corrected chi connectivity index (χ0v) is 32.2. The van der Waals surface area contributed by atoms with Crippen LogP contribution in [0.2, 0.25) is 0 Å². The van der Waals surface area contributed by atoms with Crippen molar-refractivity contribution < 1.29 is 0 Å². The smallest absolute Gasteiger partial charge is 0.160 e. The Morgan fingerprint density at radius 2 is 0.780 bits per heavy atom. The largest absolute Gasteiger partial charge is 0.228 e. The highest BCUT2D eigenvalue weighted by molar-refractivity contribution is 6.09. The van der Waals surface area contributed by atoms with Crippen LogP contribution >= 0.6 is 0 Å². The molecule has 0 unspecified atom stereocenters. The van der Waals surface area contributed by atoms with E-state index >= 15 is 0 Å². The van der Waals surface area contributed by atoms with Gasteiger partial charge in [0.2, 0.25) is 0 Å². The molecular weight excluding hydrogens is 713 g/mol. The van der Waals surface area contributed by atoms with E-state index in [9.17, 15) is 0 Å². The minimum Gasteiger partial charge on any atom is -0.228 e. The Balaban J connectivity index is 1.07. The normalized spacial score (nSPS) is 12.9. The third-order valence-electron chi connectivity index (χ3n) is 12.5. The first-order valence-corrected chi connectivity index (χ1v) is 20.3. The summed E-state index contributed by atoms with van der Waals surface area (Å²) < 4.78 is 0. The molecule has 10 aromatic rings. The van der Waals surface area contributed by atoms with E-state index in [4.69, 9.17) is 9.97 Å². The number of hydrogen-bond donors (Lipinski definition) is 0. The number of hydrogen-bond acceptors (Lipinski definition) is 2. The van der Waals surface area contributed by atoms with Crippen molar-refractivity contribution in [3.8, 4) is 78.4 Å². The summed E-state index contributed by atoms with van der Waals surface area (Å²) in [6.45, 7) is 0. The van der Waals surface area contributed by atoms with Crippen LogP contribution in [0.1, 0.15) is 22.3 Å². The van der Waals surface area contributed by atoms with Gasteiger partial charge in [-0.15, -0.1) is 0 Å². The summed E-state index contributed by atoms with van der Waals surface area (Å²) in [5, 5.41) is 2.51. The molecule has 9 aromatic carbocycles. The van der Waals surface area contributed by atoms with Crippen molar-refractivity contribution in [3.63, 3.8) is 0 Å². The van der Waals surface area contributed by atoms with Crippen LogP contribution in [-0.4, -0.2) is 9.97 Å². The van der Waals surface area contributed by atoms with Gasteiger partial charge in [-0.25, -0.2) is 9.97 Å². The highest BCUT2D eigenvalue weighted by Crippen LogP contribution is 2.65. The minimum absolute atomic E-state index is 0.454. The van der Waals surface area contributed by atoms with Crippen LogP contribution in [0, 0.1) is 0 Å². The van der Waals surface area contributed by atoms with Crippen LogP contribution in [0.5, 0.6) is 0 Å². The fraction of sp³-hybridized carbons (Fsp3) is 0.0175. The lowest BCUT2D eigenvalue weighted by Gasteiger charge is -2.31. The van der Waals surface area contributed by atoms with E-state index in [0.717, 1.165) is 33.6 Å². The van der Waals surface area contributed by atoms with Crippen LogP contribution in [0.3, 0.4) is 0 Å². The predicted molar refractivity (Wildman–Crippen MR) is 243 cm³/mol. The molecule has 0 saturated heterocycles. The van der Waals surface area contributed by atoms with Gasteiger partial charge in [0.1, 0.15) is 0 Å². The molecule has 1 heterocycles. The monoisotopic (exact) mass is 748 g/mol. The molecule has 0 atom stereocenters. The number of nitrogens with zero attached hydrogens (tertiary/aromatic N) is 2. The van der Waals surface area contributed by atoms with Crippen LogP contribution in [0.4, 0.5) is 0 Å². The first kappa shape index (κ1) is 33.5. The second-order valence-corrected chi connectivity index (χ2v) is 15.6. The van der Waals surface area contributed by atoms with Crippen LogP contribution in [0.25, 0.3) is 89.2 Å². The van der Waals surface area contributed by atoms with Crippen LogP contribution < -0.4 is 0 Å². The van der Waals surface area contributed by atoms with E-state index in [1.165, 1.54) is 72.0 Å². The van der Waals surface area contributed by atoms with Gasteiger partial charge in [0.15, 0.2) is 5.82 Å². The zero-order chi connectivity index (χ0) is 38.9. The van der Waals surface area contributed by atoms with Crippen molar-refractivity contribution in [2.45, 2.75) is 5.41 Å². The number of fused-ring (bicyclic) bond motifs is 12. The Bertz CT molecular complexity index is 3210. The maximum atomic E-state index is 5.29. The molecule has 0 aliphatic heterocycles. The van der Waals surface area contributed by atoms with E-state index in [1.54, 1.807) is 0 Å². The maximum absolute atomic E-state index is 5.29. The molecule has 2 heteroatoms. The van der Waals surface area contributed by atoms with Crippen LogP contribution in [-0.2, 0) is 5.41 Å². The molecule has 0 bridgehead atoms. The van der Waals surface area contributed by atoms with E-state index in [-0.39, 0.29) is 0 Å². The molecule has 0 radical (unpaired) electrons. The average Bonchev–Trinajstić information content (AvgIpc) is 3.80. The summed E-state index contributed by atoms with van der Waals surface area (Å²) in [5.74, 6) is 0.697. The van der Waals surface area contributed by atoms with Gasteiger partial charge in [-0.1, -0.05) is 200 Å². The first-order valence-electron chi connectivity index (χ1n) is 20.3. The van der Waals surface area contributed by atoms with Crippen molar-refractivity contribution in [2.75, 3.05) is 0 Å². The lowest BCUT2D eigenvalue weighted by atomic mass is 9.69. The van der Waals surface area contributed by atoms with Gasteiger partial charge < -0.3 is 0 Å². The standard InChI is InChI=1S/C57H36N2/c1-3-16-37(17-4-1)38-30-32-40(33-31-38)53-36-52(39-18-5-2-6-19-39)58-56(59-53)43-22-15-21-41(34-43)48-35-42-20-7-8-23-44(42)55-54(48)47-26-11-14-29-51(47)57(55)49-27-12-9-24-45(49)46-25-10-13-28-50(46)57/h1-36H. The van der Waals surface area contributed by atoms with Gasteiger partial charge in [0.25, 0.3) is 0 Å². The summed E-state index contributed by atoms with van der Waals surface area (Å²) in [5.41, 5.74) is 19.7. The van der Waals surface area contributed by atoms with Gasteiger partial charge in [0, 0.05) is 16.7 Å². The number of rotatable bonds is 5. The molecule has 2 nitrogen and oxygen atoms in total. The molecule has 0 N–H and O–H groups in total. The molecule has 2 aliphatic rings. The molecular formula is C57H36N2. The fourth-order valence-electron chi connectivity index (χ4n) is 9.97. The van der Waals surface area contributed by atoms with Gasteiger partial charge >= 0.3 is 0 Å². The van der Waals surface area contributed by atoms with E-state index < -0.39 is 5.41 Å². The predicted octanol–water partition coefficient (Wildman–Crippen LogP) is 14.3. The van der Waals surface area contributed by atoms with Gasteiger partial charge in [-0.3, -0.25) is 0 Å². The van der Waals surface area contributed by atoms with Crippen molar-refractivity contribution in [1.29, 1.82) is 0 Å². The third-order valence-corrected chi connectivity index (χ3v) is 12.5. The van der Waals surface area contributed by atoms with Crippen molar-refractivity contribution in [3.05, 3.63) is 241 Å². The maximum Gasteiger partial charge on any atom is 0.160 e. The van der Waals surface area contributed by atoms with E-state index in [1.807, 2.05) is 6.07 Å². The Labute approximate surface area is 343 Å². The second kappa shape index (κ2) is 13.2. The molecule has 1 aromatic heterocycles. The number of benzene rings is 9. The Morgan fingerprint density at radius 1 is 0.305 bits per heavy atom. The molecule has 274 valence electrons. The van der Waals surface area contributed by atoms with Crippen molar-refractivity contribution in [2.24, 2.45) is 0 Å². The molecule has 0 amide bonds. The fourth-order valence-corrected chi connectivity index (χ4v) is 9.97. The first-order chi connectivity index (χ1) is 29.3. The summed E-state index contributed by atoms with van der Waals surface area (Å²) in [7, 11) is 0. The highest BCUT2D eigenvalue weighted by atomic mass is 14.9. The summed E-state index contributed by atoms with van der Waals surface area (Å²) in [6, 6.07) is 79.1. The second-order valence-electron chi connectivity index (χ2n) is 15.6. The Kier molecular flexibility index (Phi) is 7.48. The summed E-state index contributed by atoms with van der Waals surface area (Å²) in [6.07, 6.45) is 0. The topological polar surface area (TPSA) is 25.8 Å². The lowest BCUT2D eigenvalue weighted by Crippen LogP contribution is -2.26. The van der Waals surface area contributed by atoms with Gasteiger partial charge in [0.05, 0.1) is 16.8 Å². The molecule has 1 spiro atoms. The molecule has 2 aliphatic carbocycles. The highest BCUT2D eigenvalue weighted by Gasteiger charge is 2.52. The summed E-state index contributed by atoms with van der Waals surface area (Å²) >= 11 is 0. The van der Waals surface area contributed by atoms with E-state index in [2.05, 4.69) is 212 Å². The Hall–Kier alpha value is -7.68. The third kappa shape index (κ3) is 5.06. The number of aromatic nitrogens is 2.